The molecule has 0 saturated carbocycles. The van der Waals surface area contributed by atoms with E-state index < -0.39 is 33.6 Å². The van der Waals surface area contributed by atoms with E-state index in [9.17, 15) is 22.0 Å². The van der Waals surface area contributed by atoms with Gasteiger partial charge >= 0.3 is 0 Å². The number of anilines is 1. The molecule has 0 saturated heterocycles. The van der Waals surface area contributed by atoms with Crippen molar-refractivity contribution in [3.63, 3.8) is 0 Å². The summed E-state index contributed by atoms with van der Waals surface area (Å²) in [5, 5.41) is 2.21. The third-order valence-electron chi connectivity index (χ3n) is 3.36. The Labute approximate surface area is 150 Å². The molecule has 6 nitrogen and oxygen atoms in total. The molecule has 2 aromatic carbocycles. The Kier molecular flexibility index (Phi) is 6.27. The molecular weight excluding hydrogens is 366 g/mol. The van der Waals surface area contributed by atoms with Crippen molar-refractivity contribution < 1.29 is 26.7 Å². The van der Waals surface area contributed by atoms with E-state index in [2.05, 4.69) is 10.0 Å². The molecule has 2 rings (SSSR count). The molecule has 0 bridgehead atoms. The summed E-state index contributed by atoms with van der Waals surface area (Å²) >= 11 is 0. The van der Waals surface area contributed by atoms with E-state index in [1.807, 2.05) is 0 Å². The van der Waals surface area contributed by atoms with Gasteiger partial charge in [-0.3, -0.25) is 4.79 Å². The summed E-state index contributed by atoms with van der Waals surface area (Å²) in [6.45, 7) is 3.56. The van der Waals surface area contributed by atoms with Crippen LogP contribution in [-0.2, 0) is 14.8 Å². The maximum atomic E-state index is 13.6. The second-order valence-corrected chi connectivity index (χ2v) is 7.07. The number of benzene rings is 2. The van der Waals surface area contributed by atoms with E-state index in [1.165, 1.54) is 31.2 Å². The van der Waals surface area contributed by atoms with Gasteiger partial charge in [0.15, 0.2) is 0 Å². The van der Waals surface area contributed by atoms with Crippen molar-refractivity contribution in [2.45, 2.75) is 24.8 Å². The van der Waals surface area contributed by atoms with Crippen LogP contribution in [0.3, 0.4) is 0 Å². The number of rotatable bonds is 7. The van der Waals surface area contributed by atoms with Gasteiger partial charge in [0, 0.05) is 6.07 Å². The fourth-order valence-electron chi connectivity index (χ4n) is 2.07. The molecule has 2 N–H and O–H groups in total. The lowest BCUT2D eigenvalue weighted by Crippen LogP contribution is -2.41. The van der Waals surface area contributed by atoms with Gasteiger partial charge in [-0.05, 0) is 50.2 Å². The van der Waals surface area contributed by atoms with Crippen LogP contribution in [0.25, 0.3) is 0 Å². The number of sulfonamides is 1. The fraction of sp³-hybridized carbons (Fsp3) is 0.235. The fourth-order valence-corrected chi connectivity index (χ4v) is 3.27. The van der Waals surface area contributed by atoms with Crippen LogP contribution in [0.4, 0.5) is 14.5 Å². The maximum Gasteiger partial charge on any atom is 0.242 e. The lowest BCUT2D eigenvalue weighted by Gasteiger charge is -2.15. The Bertz CT molecular complexity index is 886. The minimum absolute atomic E-state index is 0.0476. The van der Waals surface area contributed by atoms with Crippen LogP contribution >= 0.6 is 0 Å². The Morgan fingerprint density at radius 3 is 2.38 bits per heavy atom. The second kappa shape index (κ2) is 8.24. The SMILES string of the molecule is CCOc1ccc(S(=O)(=O)N[C@H](C)C(=O)Nc2ccc(F)cc2F)cc1. The zero-order valence-electron chi connectivity index (χ0n) is 14.1. The molecule has 26 heavy (non-hydrogen) atoms. The van der Waals surface area contributed by atoms with Crippen LogP contribution < -0.4 is 14.8 Å². The summed E-state index contributed by atoms with van der Waals surface area (Å²) in [4.78, 5) is 12.0. The summed E-state index contributed by atoms with van der Waals surface area (Å²) in [5.41, 5.74) is -0.247. The van der Waals surface area contributed by atoms with Crippen LogP contribution in [0, 0.1) is 11.6 Å². The van der Waals surface area contributed by atoms with Crippen LogP contribution in [0.5, 0.6) is 5.75 Å². The van der Waals surface area contributed by atoms with Crippen LogP contribution in [0.2, 0.25) is 0 Å². The molecule has 1 amide bonds. The van der Waals surface area contributed by atoms with Gasteiger partial charge in [0.1, 0.15) is 17.4 Å². The highest BCUT2D eigenvalue weighted by Gasteiger charge is 2.23. The quantitative estimate of drug-likeness (QED) is 0.769. The summed E-state index contributed by atoms with van der Waals surface area (Å²) in [6.07, 6.45) is 0. The number of halogens is 2. The Morgan fingerprint density at radius 2 is 1.81 bits per heavy atom. The highest BCUT2D eigenvalue weighted by atomic mass is 32.2. The van der Waals surface area contributed by atoms with Gasteiger partial charge in [0.25, 0.3) is 0 Å². The van der Waals surface area contributed by atoms with E-state index in [-0.39, 0.29) is 10.6 Å². The molecule has 140 valence electrons. The molecule has 0 radical (unpaired) electrons. The van der Waals surface area contributed by atoms with Crippen molar-refractivity contribution in [2.24, 2.45) is 0 Å². The average molecular weight is 384 g/mol. The first-order valence-electron chi connectivity index (χ1n) is 7.74. The number of nitrogens with one attached hydrogen (secondary N) is 2. The molecule has 0 heterocycles. The van der Waals surface area contributed by atoms with Crippen molar-refractivity contribution in [3.05, 3.63) is 54.1 Å². The van der Waals surface area contributed by atoms with Crippen LogP contribution in [-0.4, -0.2) is 27.0 Å². The number of amides is 1. The van der Waals surface area contributed by atoms with E-state index in [4.69, 9.17) is 4.74 Å². The van der Waals surface area contributed by atoms with E-state index in [0.717, 1.165) is 12.1 Å². The Balaban J connectivity index is 2.06. The van der Waals surface area contributed by atoms with Gasteiger partial charge < -0.3 is 10.1 Å². The highest BCUT2D eigenvalue weighted by molar-refractivity contribution is 7.89. The number of carbonyl (C=O) groups excluding carboxylic acids is 1. The first-order valence-corrected chi connectivity index (χ1v) is 9.22. The van der Waals surface area contributed by atoms with Crippen molar-refractivity contribution in [3.8, 4) is 5.75 Å². The number of carbonyl (C=O) groups is 1. The minimum Gasteiger partial charge on any atom is -0.494 e. The maximum absolute atomic E-state index is 13.6. The predicted molar refractivity (Wildman–Crippen MR) is 92.4 cm³/mol. The standard InChI is InChI=1S/C17H18F2N2O4S/c1-3-25-13-5-7-14(8-6-13)26(23,24)21-11(2)17(22)20-16-9-4-12(18)10-15(16)19/h4-11,21H,3H2,1-2H3,(H,20,22)/t11-/m1/s1. The minimum atomic E-state index is -3.97. The Hall–Kier alpha value is -2.52. The average Bonchev–Trinajstić information content (AvgIpc) is 2.57. The Morgan fingerprint density at radius 1 is 1.15 bits per heavy atom. The van der Waals surface area contributed by atoms with E-state index in [0.29, 0.717) is 18.4 Å². The molecule has 1 atom stereocenters. The molecule has 0 aromatic heterocycles. The predicted octanol–water partition coefficient (Wildman–Crippen LogP) is 2.67. The van der Waals surface area contributed by atoms with Gasteiger partial charge in [0.2, 0.25) is 15.9 Å². The van der Waals surface area contributed by atoms with Crippen LogP contribution in [0.15, 0.2) is 47.4 Å². The molecule has 9 heteroatoms. The molecule has 0 spiro atoms. The monoisotopic (exact) mass is 384 g/mol. The van der Waals surface area contributed by atoms with E-state index in [1.54, 1.807) is 6.92 Å². The third-order valence-corrected chi connectivity index (χ3v) is 4.92. The van der Waals surface area contributed by atoms with Gasteiger partial charge in [-0.1, -0.05) is 0 Å². The van der Waals surface area contributed by atoms with Gasteiger partial charge in [-0.25, -0.2) is 17.2 Å². The van der Waals surface area contributed by atoms with Crippen LogP contribution in [0.1, 0.15) is 13.8 Å². The second-order valence-electron chi connectivity index (χ2n) is 5.36. The highest BCUT2D eigenvalue weighted by Crippen LogP contribution is 2.17. The summed E-state index contributed by atoms with van der Waals surface area (Å²) in [5.74, 6) is -2.02. The summed E-state index contributed by atoms with van der Waals surface area (Å²) in [7, 11) is -3.97. The molecule has 2 aromatic rings. The third kappa shape index (κ3) is 4.99. The first-order chi connectivity index (χ1) is 12.2. The number of ether oxygens (including phenoxy) is 1. The molecule has 0 unspecified atom stereocenters. The molecule has 0 aliphatic carbocycles. The smallest absolute Gasteiger partial charge is 0.242 e. The molecular formula is C17H18F2N2O4S. The van der Waals surface area contributed by atoms with Gasteiger partial charge in [0.05, 0.1) is 23.2 Å². The van der Waals surface area contributed by atoms with Gasteiger partial charge in [-0.2, -0.15) is 4.72 Å². The normalized spacial score (nSPS) is 12.5. The lowest BCUT2D eigenvalue weighted by molar-refractivity contribution is -0.117. The van der Waals surface area contributed by atoms with E-state index >= 15 is 0 Å². The zero-order chi connectivity index (χ0) is 19.3. The molecule has 0 aliphatic heterocycles. The van der Waals surface area contributed by atoms with Crippen molar-refractivity contribution in [1.29, 1.82) is 0 Å². The largest absolute Gasteiger partial charge is 0.494 e. The number of hydrogen-bond donors (Lipinski definition) is 2. The summed E-state index contributed by atoms with van der Waals surface area (Å²) in [6, 6.07) is 7.15. The molecule has 0 aliphatic rings. The topological polar surface area (TPSA) is 84.5 Å². The van der Waals surface area contributed by atoms with Crippen molar-refractivity contribution >= 4 is 21.6 Å². The first kappa shape index (κ1) is 19.8. The summed E-state index contributed by atoms with van der Waals surface area (Å²) < 4.78 is 58.5. The lowest BCUT2D eigenvalue weighted by atomic mass is 10.2. The van der Waals surface area contributed by atoms with Crippen molar-refractivity contribution in [1.82, 2.24) is 4.72 Å². The number of hydrogen-bond acceptors (Lipinski definition) is 4. The zero-order valence-corrected chi connectivity index (χ0v) is 14.9. The molecule has 0 fully saturated rings. The van der Waals surface area contributed by atoms with Crippen molar-refractivity contribution in [2.75, 3.05) is 11.9 Å². The van der Waals surface area contributed by atoms with Gasteiger partial charge in [-0.15, -0.1) is 0 Å².